The van der Waals surface area contributed by atoms with Crippen molar-refractivity contribution in [1.29, 1.82) is 0 Å². The first kappa shape index (κ1) is 16.8. The van der Waals surface area contributed by atoms with Gasteiger partial charge >= 0.3 is 0 Å². The normalized spacial score (nSPS) is 11.6. The van der Waals surface area contributed by atoms with E-state index in [1.807, 2.05) is 6.92 Å². The van der Waals surface area contributed by atoms with Crippen LogP contribution in [0, 0.1) is 0 Å². The van der Waals surface area contributed by atoms with E-state index in [4.69, 9.17) is 0 Å². The Bertz CT molecular complexity index is 660. The van der Waals surface area contributed by atoms with E-state index in [9.17, 15) is 10.3 Å². The molecule has 0 aliphatic rings. The third-order valence-electron chi connectivity index (χ3n) is 3.67. The topological polar surface area (TPSA) is 96.8 Å². The Morgan fingerprint density at radius 1 is 1.22 bits per heavy atom. The van der Waals surface area contributed by atoms with Crippen LogP contribution in [0.2, 0.25) is 0 Å². The standard InChI is InChI=1S/C16H23N5O2/c1-4-13-14(16(19-18-13)21(5-2)6-3)15(20-23)17-11-7-9-12(22)10-8-11/h7-10,22-23H,4-6H2,1-3H3,(H,17,20)(H,18,19). The van der Waals surface area contributed by atoms with E-state index in [-0.39, 0.29) is 5.75 Å². The van der Waals surface area contributed by atoms with Gasteiger partial charge in [-0.3, -0.25) is 15.8 Å². The van der Waals surface area contributed by atoms with Crippen molar-refractivity contribution in [1.82, 2.24) is 15.7 Å². The molecule has 0 aliphatic heterocycles. The summed E-state index contributed by atoms with van der Waals surface area (Å²) in [4.78, 5) is 6.53. The van der Waals surface area contributed by atoms with Crippen LogP contribution in [0.3, 0.4) is 0 Å². The molecule has 124 valence electrons. The summed E-state index contributed by atoms with van der Waals surface area (Å²) in [6, 6.07) is 6.45. The Morgan fingerprint density at radius 2 is 1.87 bits per heavy atom. The predicted molar refractivity (Wildman–Crippen MR) is 90.8 cm³/mol. The summed E-state index contributed by atoms with van der Waals surface area (Å²) in [5.41, 5.74) is 4.46. The van der Waals surface area contributed by atoms with Crippen molar-refractivity contribution in [2.24, 2.45) is 4.99 Å². The van der Waals surface area contributed by atoms with Crippen LogP contribution in [0.25, 0.3) is 0 Å². The summed E-state index contributed by atoms with van der Waals surface area (Å²) >= 11 is 0. The lowest BCUT2D eigenvalue weighted by molar-refractivity contribution is 0.235. The van der Waals surface area contributed by atoms with Crippen LogP contribution in [0.1, 0.15) is 32.0 Å². The van der Waals surface area contributed by atoms with Crippen LogP contribution in [0.4, 0.5) is 11.5 Å². The van der Waals surface area contributed by atoms with E-state index < -0.39 is 0 Å². The summed E-state index contributed by atoms with van der Waals surface area (Å²) < 4.78 is 0. The van der Waals surface area contributed by atoms with Crippen LogP contribution >= 0.6 is 0 Å². The highest BCUT2D eigenvalue weighted by Crippen LogP contribution is 2.24. The Labute approximate surface area is 135 Å². The second-order valence-electron chi connectivity index (χ2n) is 5.02. The molecule has 0 atom stereocenters. The molecule has 1 aromatic carbocycles. The summed E-state index contributed by atoms with van der Waals surface area (Å²) in [6.45, 7) is 7.72. The first-order valence-corrected chi connectivity index (χ1v) is 7.74. The maximum atomic E-state index is 9.59. The van der Waals surface area contributed by atoms with Crippen molar-refractivity contribution in [3.8, 4) is 5.75 Å². The Kier molecular flexibility index (Phi) is 5.59. The predicted octanol–water partition coefficient (Wildman–Crippen LogP) is 2.58. The molecule has 2 rings (SSSR count). The minimum absolute atomic E-state index is 0.170. The van der Waals surface area contributed by atoms with Crippen molar-refractivity contribution in [3.05, 3.63) is 35.5 Å². The van der Waals surface area contributed by atoms with Gasteiger partial charge in [-0.25, -0.2) is 4.99 Å². The molecule has 0 fully saturated rings. The molecular weight excluding hydrogens is 294 g/mol. The van der Waals surface area contributed by atoms with Crippen LogP contribution in [0.5, 0.6) is 5.75 Å². The van der Waals surface area contributed by atoms with Gasteiger partial charge in [0.15, 0.2) is 11.7 Å². The quantitative estimate of drug-likeness (QED) is 0.373. The highest BCUT2D eigenvalue weighted by Gasteiger charge is 2.21. The van der Waals surface area contributed by atoms with Crippen LogP contribution < -0.4 is 10.4 Å². The molecule has 7 nitrogen and oxygen atoms in total. The molecule has 1 heterocycles. The number of hydrogen-bond donors (Lipinski definition) is 4. The van der Waals surface area contributed by atoms with E-state index in [1.54, 1.807) is 24.3 Å². The highest BCUT2D eigenvalue weighted by atomic mass is 16.5. The number of amidine groups is 1. The van der Waals surface area contributed by atoms with Gasteiger partial charge in [0.25, 0.3) is 0 Å². The minimum atomic E-state index is 0.170. The zero-order valence-electron chi connectivity index (χ0n) is 13.7. The van der Waals surface area contributed by atoms with Gasteiger partial charge in [-0.2, -0.15) is 5.10 Å². The molecule has 1 aromatic heterocycles. The SMILES string of the molecule is CCc1[nH]nc(N(CC)CC)c1C(=Nc1ccc(O)cc1)NO. The molecule has 2 aromatic rings. The smallest absolute Gasteiger partial charge is 0.163 e. The van der Waals surface area contributed by atoms with Gasteiger partial charge in [0, 0.05) is 18.8 Å². The van der Waals surface area contributed by atoms with Gasteiger partial charge in [-0.1, -0.05) is 6.92 Å². The number of H-pyrrole nitrogens is 1. The Morgan fingerprint density at radius 3 is 2.39 bits per heavy atom. The molecule has 7 heteroatoms. The van der Waals surface area contributed by atoms with Gasteiger partial charge in [0.1, 0.15) is 5.75 Å². The number of nitrogens with zero attached hydrogens (tertiary/aromatic N) is 3. The maximum absolute atomic E-state index is 9.59. The molecule has 0 amide bonds. The zero-order chi connectivity index (χ0) is 16.8. The molecular formula is C16H23N5O2. The number of aromatic hydroxyl groups is 1. The number of hydroxylamine groups is 1. The number of aliphatic imine (C=N–C) groups is 1. The second-order valence-corrected chi connectivity index (χ2v) is 5.02. The number of aromatic nitrogens is 2. The van der Waals surface area contributed by atoms with E-state index in [0.717, 1.165) is 36.6 Å². The Hall–Kier alpha value is -2.54. The number of aryl methyl sites for hydroxylation is 1. The molecule has 4 N–H and O–H groups in total. The van der Waals surface area contributed by atoms with Crippen molar-refractivity contribution < 1.29 is 10.3 Å². The van der Waals surface area contributed by atoms with Gasteiger partial charge in [0.05, 0.1) is 11.3 Å². The third-order valence-corrected chi connectivity index (χ3v) is 3.67. The number of phenols is 1. The fraction of sp³-hybridized carbons (Fsp3) is 0.375. The van der Waals surface area contributed by atoms with Gasteiger partial charge < -0.3 is 10.0 Å². The van der Waals surface area contributed by atoms with Crippen molar-refractivity contribution in [3.63, 3.8) is 0 Å². The fourth-order valence-electron chi connectivity index (χ4n) is 2.42. The van der Waals surface area contributed by atoms with Crippen LogP contribution in [-0.2, 0) is 6.42 Å². The van der Waals surface area contributed by atoms with Crippen LogP contribution in [0.15, 0.2) is 29.3 Å². The number of phenolic OH excluding ortho intramolecular Hbond substituents is 1. The van der Waals surface area contributed by atoms with E-state index >= 15 is 0 Å². The average molecular weight is 317 g/mol. The van der Waals surface area contributed by atoms with Crippen molar-refractivity contribution >= 4 is 17.3 Å². The van der Waals surface area contributed by atoms with Gasteiger partial charge in [-0.05, 0) is 44.5 Å². The van der Waals surface area contributed by atoms with Crippen molar-refractivity contribution in [2.75, 3.05) is 18.0 Å². The number of nitrogens with one attached hydrogen (secondary N) is 2. The minimum Gasteiger partial charge on any atom is -0.508 e. The zero-order valence-corrected chi connectivity index (χ0v) is 13.7. The van der Waals surface area contributed by atoms with E-state index in [1.165, 1.54) is 0 Å². The van der Waals surface area contributed by atoms with Gasteiger partial charge in [0.2, 0.25) is 0 Å². The number of anilines is 1. The molecule has 23 heavy (non-hydrogen) atoms. The first-order chi connectivity index (χ1) is 11.1. The summed E-state index contributed by atoms with van der Waals surface area (Å²) in [7, 11) is 0. The molecule has 0 unspecified atom stereocenters. The second kappa shape index (κ2) is 7.64. The third kappa shape index (κ3) is 3.62. The highest BCUT2D eigenvalue weighted by molar-refractivity contribution is 6.04. The van der Waals surface area contributed by atoms with E-state index in [2.05, 4.69) is 39.4 Å². The summed E-state index contributed by atoms with van der Waals surface area (Å²) in [5.74, 6) is 1.25. The molecule has 0 spiro atoms. The lowest BCUT2D eigenvalue weighted by atomic mass is 10.1. The molecule has 0 aliphatic carbocycles. The summed E-state index contributed by atoms with van der Waals surface area (Å²) in [6.07, 6.45) is 0.736. The first-order valence-electron chi connectivity index (χ1n) is 7.74. The largest absolute Gasteiger partial charge is 0.508 e. The molecule has 0 radical (unpaired) electrons. The monoisotopic (exact) mass is 317 g/mol. The number of hydrogen-bond acceptors (Lipinski definition) is 5. The maximum Gasteiger partial charge on any atom is 0.163 e. The summed E-state index contributed by atoms with van der Waals surface area (Å²) in [5, 5.41) is 26.4. The molecule has 0 saturated carbocycles. The van der Waals surface area contributed by atoms with Gasteiger partial charge in [-0.15, -0.1) is 0 Å². The lowest BCUT2D eigenvalue weighted by Crippen LogP contribution is -2.28. The average Bonchev–Trinajstić information content (AvgIpc) is 2.99. The van der Waals surface area contributed by atoms with Crippen LogP contribution in [-0.4, -0.2) is 39.4 Å². The van der Waals surface area contributed by atoms with Crippen molar-refractivity contribution in [2.45, 2.75) is 27.2 Å². The molecule has 0 saturated heterocycles. The molecule has 0 bridgehead atoms. The number of aromatic amines is 1. The van der Waals surface area contributed by atoms with E-state index in [0.29, 0.717) is 11.5 Å². The lowest BCUT2D eigenvalue weighted by Gasteiger charge is -2.20. The fourth-order valence-corrected chi connectivity index (χ4v) is 2.42. The number of rotatable bonds is 6. The Balaban J connectivity index is 2.51. The number of benzene rings is 1.